The number of aliphatic carboxylic acids is 1. The van der Waals surface area contributed by atoms with Gasteiger partial charge in [-0.25, -0.2) is 14.2 Å². The van der Waals surface area contributed by atoms with E-state index in [2.05, 4.69) is 10.3 Å². The molecule has 1 aromatic heterocycles. The van der Waals surface area contributed by atoms with Crippen LogP contribution in [0.25, 0.3) is 10.9 Å². The number of nitrogens with zero attached hydrogens (tertiary/aromatic N) is 1. The lowest BCUT2D eigenvalue weighted by atomic mass is 10.2. The maximum atomic E-state index is 12.5. The highest BCUT2D eigenvalue weighted by molar-refractivity contribution is 7.98. The normalized spacial score (nSPS) is 13.4. The van der Waals surface area contributed by atoms with Crippen molar-refractivity contribution in [2.75, 3.05) is 12.0 Å². The molecule has 8 nitrogen and oxygen atoms in total. The molecule has 0 unspecified atom stereocenters. The van der Waals surface area contributed by atoms with E-state index in [0.717, 1.165) is 4.57 Å². The van der Waals surface area contributed by atoms with Crippen LogP contribution in [-0.2, 0) is 9.59 Å². The molecule has 1 heterocycles. The van der Waals surface area contributed by atoms with E-state index < -0.39 is 35.2 Å². The number of nitrogens with one attached hydrogen (secondary N) is 2. The summed E-state index contributed by atoms with van der Waals surface area (Å²) in [7, 11) is 0. The number of carboxylic acids is 1. The minimum Gasteiger partial charge on any atom is -0.480 e. The molecule has 3 N–H and O–H groups in total. The SMILES string of the molecule is CSCC[C@@H](NC(=O)[C@@H](C)n1c(=O)[nH]c2ccccc2c1=O)C(=O)O. The van der Waals surface area contributed by atoms with Crippen molar-refractivity contribution in [2.24, 2.45) is 0 Å². The van der Waals surface area contributed by atoms with Gasteiger partial charge in [-0.05, 0) is 37.5 Å². The lowest BCUT2D eigenvalue weighted by Crippen LogP contribution is -2.48. The Morgan fingerprint density at radius 2 is 2.00 bits per heavy atom. The van der Waals surface area contributed by atoms with Crippen LogP contribution in [0.5, 0.6) is 0 Å². The molecule has 0 saturated heterocycles. The molecule has 2 atom stereocenters. The molecule has 1 amide bonds. The lowest BCUT2D eigenvalue weighted by Gasteiger charge is -2.18. The number of hydrogen-bond donors (Lipinski definition) is 3. The maximum absolute atomic E-state index is 12.5. The summed E-state index contributed by atoms with van der Waals surface area (Å²) >= 11 is 1.46. The molecule has 25 heavy (non-hydrogen) atoms. The number of hydrogen-bond acceptors (Lipinski definition) is 5. The molecular formula is C16H19N3O5S. The Morgan fingerprint density at radius 3 is 2.64 bits per heavy atom. The quantitative estimate of drug-likeness (QED) is 0.660. The number of aromatic amines is 1. The first-order chi connectivity index (χ1) is 11.9. The zero-order valence-electron chi connectivity index (χ0n) is 13.8. The van der Waals surface area contributed by atoms with E-state index in [4.69, 9.17) is 0 Å². The molecule has 0 aliphatic rings. The largest absolute Gasteiger partial charge is 0.480 e. The third kappa shape index (κ3) is 4.11. The summed E-state index contributed by atoms with van der Waals surface area (Å²) in [5.41, 5.74) is -0.940. The van der Waals surface area contributed by atoms with Gasteiger partial charge < -0.3 is 15.4 Å². The molecule has 0 radical (unpaired) electrons. The van der Waals surface area contributed by atoms with Gasteiger partial charge in [0.05, 0.1) is 10.9 Å². The Hall–Kier alpha value is -2.55. The molecule has 134 valence electrons. The fraction of sp³-hybridized carbons (Fsp3) is 0.375. The zero-order valence-corrected chi connectivity index (χ0v) is 14.6. The highest BCUT2D eigenvalue weighted by Crippen LogP contribution is 2.08. The van der Waals surface area contributed by atoms with Crippen molar-refractivity contribution >= 4 is 34.5 Å². The number of fused-ring (bicyclic) bond motifs is 1. The number of carboxylic acid groups (broad SMARTS) is 1. The third-order valence-electron chi connectivity index (χ3n) is 3.83. The van der Waals surface area contributed by atoms with Crippen LogP contribution >= 0.6 is 11.8 Å². The van der Waals surface area contributed by atoms with Crippen LogP contribution in [0, 0.1) is 0 Å². The number of carbonyl (C=O) groups is 2. The summed E-state index contributed by atoms with van der Waals surface area (Å²) in [5, 5.41) is 11.9. The molecule has 0 fully saturated rings. The van der Waals surface area contributed by atoms with Crippen LogP contribution < -0.4 is 16.6 Å². The number of benzene rings is 1. The minimum absolute atomic E-state index is 0.248. The van der Waals surface area contributed by atoms with Crippen molar-refractivity contribution < 1.29 is 14.7 Å². The van der Waals surface area contributed by atoms with E-state index in [1.807, 2.05) is 6.26 Å². The Bertz CT molecular complexity index is 905. The smallest absolute Gasteiger partial charge is 0.329 e. The molecule has 2 aromatic rings. The van der Waals surface area contributed by atoms with Gasteiger partial charge >= 0.3 is 11.7 Å². The summed E-state index contributed by atoms with van der Waals surface area (Å²) < 4.78 is 0.797. The first-order valence-electron chi connectivity index (χ1n) is 7.62. The van der Waals surface area contributed by atoms with Crippen LogP contribution in [0.1, 0.15) is 19.4 Å². The van der Waals surface area contributed by atoms with E-state index in [1.165, 1.54) is 18.7 Å². The van der Waals surface area contributed by atoms with E-state index in [0.29, 0.717) is 11.3 Å². The van der Waals surface area contributed by atoms with Gasteiger partial charge in [-0.2, -0.15) is 11.8 Å². The molecule has 0 aliphatic carbocycles. The van der Waals surface area contributed by atoms with Crippen LogP contribution in [0.15, 0.2) is 33.9 Å². The number of aromatic nitrogens is 2. The monoisotopic (exact) mass is 365 g/mol. The number of rotatable bonds is 7. The Balaban J connectivity index is 2.33. The summed E-state index contributed by atoms with van der Waals surface area (Å²) in [4.78, 5) is 50.9. The van der Waals surface area contributed by atoms with Gasteiger partial charge in [-0.15, -0.1) is 0 Å². The van der Waals surface area contributed by atoms with Crippen molar-refractivity contribution in [1.29, 1.82) is 0 Å². The average Bonchev–Trinajstić information content (AvgIpc) is 2.57. The van der Waals surface area contributed by atoms with Crippen molar-refractivity contribution in [1.82, 2.24) is 14.9 Å². The average molecular weight is 365 g/mol. The van der Waals surface area contributed by atoms with Gasteiger partial charge in [-0.3, -0.25) is 9.59 Å². The Labute approximate surface area is 147 Å². The Kier molecular flexibility index (Phi) is 6.02. The topological polar surface area (TPSA) is 121 Å². The number of H-pyrrole nitrogens is 1. The lowest BCUT2D eigenvalue weighted by molar-refractivity contribution is -0.142. The van der Waals surface area contributed by atoms with Gasteiger partial charge in [-0.1, -0.05) is 12.1 Å². The van der Waals surface area contributed by atoms with Gasteiger partial charge in [0.15, 0.2) is 0 Å². The van der Waals surface area contributed by atoms with Crippen molar-refractivity contribution in [2.45, 2.75) is 25.4 Å². The molecule has 9 heteroatoms. The van der Waals surface area contributed by atoms with Gasteiger partial charge in [0.1, 0.15) is 12.1 Å². The predicted octanol–water partition coefficient (Wildman–Crippen LogP) is 0.573. The highest BCUT2D eigenvalue weighted by Gasteiger charge is 2.25. The van der Waals surface area contributed by atoms with Crippen LogP contribution in [0.4, 0.5) is 0 Å². The van der Waals surface area contributed by atoms with Gasteiger partial charge in [0, 0.05) is 0 Å². The zero-order chi connectivity index (χ0) is 18.6. The second kappa shape index (κ2) is 8.02. The van der Waals surface area contributed by atoms with Crippen molar-refractivity contribution in [3.05, 3.63) is 45.1 Å². The maximum Gasteiger partial charge on any atom is 0.329 e. The van der Waals surface area contributed by atoms with Gasteiger partial charge in [0.2, 0.25) is 5.91 Å². The standard InChI is InChI=1S/C16H19N3O5S/c1-9(13(20)17-12(15(22)23)7-8-25-2)19-14(21)10-5-3-4-6-11(10)18-16(19)24/h3-6,9,12H,7-8H2,1-2H3,(H,17,20)(H,18,24)(H,22,23)/t9-,12-/m1/s1. The first kappa shape index (κ1) is 18.8. The molecule has 2 rings (SSSR count). The Morgan fingerprint density at radius 1 is 1.32 bits per heavy atom. The predicted molar refractivity (Wildman–Crippen MR) is 96.1 cm³/mol. The second-order valence-electron chi connectivity index (χ2n) is 5.51. The number of amides is 1. The summed E-state index contributed by atoms with van der Waals surface area (Å²) in [6, 6.07) is 4.26. The summed E-state index contributed by atoms with van der Waals surface area (Å²) in [6.07, 6.45) is 2.08. The second-order valence-corrected chi connectivity index (χ2v) is 6.49. The molecular weight excluding hydrogens is 346 g/mol. The number of carbonyl (C=O) groups excluding carboxylic acids is 1. The van der Waals surface area contributed by atoms with E-state index >= 15 is 0 Å². The molecule has 0 bridgehead atoms. The molecule has 0 spiro atoms. The van der Waals surface area contributed by atoms with Gasteiger partial charge in [0.25, 0.3) is 5.56 Å². The fourth-order valence-electron chi connectivity index (χ4n) is 2.43. The van der Waals surface area contributed by atoms with E-state index in [1.54, 1.807) is 24.3 Å². The molecule has 0 aliphatic heterocycles. The van der Waals surface area contributed by atoms with E-state index in [9.17, 15) is 24.3 Å². The third-order valence-corrected chi connectivity index (χ3v) is 4.47. The highest BCUT2D eigenvalue weighted by atomic mass is 32.2. The van der Waals surface area contributed by atoms with Crippen LogP contribution in [0.3, 0.4) is 0 Å². The molecule has 0 saturated carbocycles. The first-order valence-corrected chi connectivity index (χ1v) is 9.02. The van der Waals surface area contributed by atoms with E-state index in [-0.39, 0.29) is 11.8 Å². The summed E-state index contributed by atoms with van der Waals surface area (Å²) in [6.45, 7) is 1.38. The molecule has 1 aromatic carbocycles. The number of thioether (sulfide) groups is 1. The number of para-hydroxylation sites is 1. The van der Waals surface area contributed by atoms with Crippen molar-refractivity contribution in [3.63, 3.8) is 0 Å². The summed E-state index contributed by atoms with van der Waals surface area (Å²) in [5.74, 6) is -1.30. The minimum atomic E-state index is -1.16. The van der Waals surface area contributed by atoms with Crippen molar-refractivity contribution in [3.8, 4) is 0 Å². The van der Waals surface area contributed by atoms with Crippen LogP contribution in [-0.4, -0.2) is 44.6 Å². The fourth-order valence-corrected chi connectivity index (χ4v) is 2.90. The van der Waals surface area contributed by atoms with Crippen LogP contribution in [0.2, 0.25) is 0 Å².